The summed E-state index contributed by atoms with van der Waals surface area (Å²) in [6, 6.07) is 11.7. The highest BCUT2D eigenvalue weighted by Crippen LogP contribution is 2.30. The molecule has 1 saturated carbocycles. The minimum absolute atomic E-state index is 0.0352. The van der Waals surface area contributed by atoms with E-state index in [4.69, 9.17) is 9.47 Å². The van der Waals surface area contributed by atoms with Crippen molar-refractivity contribution < 1.29 is 14.3 Å². The highest BCUT2D eigenvalue weighted by Gasteiger charge is 2.22. The lowest BCUT2D eigenvalue weighted by Gasteiger charge is -2.13. The van der Waals surface area contributed by atoms with Gasteiger partial charge in [0.25, 0.3) is 0 Å². The molecule has 1 amide bonds. The molecule has 1 aliphatic carbocycles. The normalized spacial score (nSPS) is 14.6. The number of imidazole rings is 1. The monoisotopic (exact) mass is 379 g/mol. The Labute approximate surface area is 164 Å². The molecule has 1 aromatic carbocycles. The van der Waals surface area contributed by atoms with Gasteiger partial charge in [0, 0.05) is 18.7 Å². The standard InChI is InChI=1S/C22H25N3O3/c1-15(23-16(2)26)13-27-19-7-5-18(6-8-19)21-12-25-11-20(9-10-22(25)24-21)28-14-17-3-4-17/h5-12,15,17H,3-4,13-14H2,1-2H3,(H,23,26)/t15-/m0/s1. The largest absolute Gasteiger partial charge is 0.492 e. The smallest absolute Gasteiger partial charge is 0.217 e. The number of carbonyl (C=O) groups is 1. The van der Waals surface area contributed by atoms with Gasteiger partial charge in [-0.2, -0.15) is 0 Å². The fourth-order valence-electron chi connectivity index (χ4n) is 3.03. The number of pyridine rings is 1. The predicted molar refractivity (Wildman–Crippen MR) is 108 cm³/mol. The molecule has 4 rings (SSSR count). The molecule has 0 aliphatic heterocycles. The van der Waals surface area contributed by atoms with E-state index < -0.39 is 0 Å². The third-order valence-corrected chi connectivity index (χ3v) is 4.71. The third-order valence-electron chi connectivity index (χ3n) is 4.71. The van der Waals surface area contributed by atoms with E-state index in [1.54, 1.807) is 0 Å². The van der Waals surface area contributed by atoms with E-state index in [1.165, 1.54) is 19.8 Å². The molecule has 6 heteroatoms. The molecule has 1 aliphatic rings. The molecule has 0 bridgehead atoms. The number of hydrogen-bond acceptors (Lipinski definition) is 4. The van der Waals surface area contributed by atoms with Gasteiger partial charge in [-0.1, -0.05) is 0 Å². The van der Waals surface area contributed by atoms with Crippen molar-refractivity contribution in [2.75, 3.05) is 13.2 Å². The Bertz CT molecular complexity index is 961. The van der Waals surface area contributed by atoms with Crippen LogP contribution in [0.15, 0.2) is 48.8 Å². The van der Waals surface area contributed by atoms with Crippen molar-refractivity contribution in [3.05, 3.63) is 48.8 Å². The second-order valence-corrected chi connectivity index (χ2v) is 7.45. The first-order valence-corrected chi connectivity index (χ1v) is 9.69. The predicted octanol–water partition coefficient (Wildman–Crippen LogP) is 3.69. The maximum Gasteiger partial charge on any atom is 0.217 e. The summed E-state index contributed by atoms with van der Waals surface area (Å²) in [6.45, 7) is 4.64. The van der Waals surface area contributed by atoms with Crippen LogP contribution in [0.2, 0.25) is 0 Å². The number of fused-ring (bicyclic) bond motifs is 1. The Morgan fingerprint density at radius 2 is 1.89 bits per heavy atom. The van der Waals surface area contributed by atoms with Crippen LogP contribution in [0, 0.1) is 5.92 Å². The maximum atomic E-state index is 11.0. The second kappa shape index (κ2) is 7.92. The molecule has 146 valence electrons. The zero-order chi connectivity index (χ0) is 19.5. The van der Waals surface area contributed by atoms with Gasteiger partial charge in [0.1, 0.15) is 23.8 Å². The van der Waals surface area contributed by atoms with E-state index in [0.717, 1.165) is 40.9 Å². The summed E-state index contributed by atoms with van der Waals surface area (Å²) in [4.78, 5) is 15.7. The minimum Gasteiger partial charge on any atom is -0.492 e. The van der Waals surface area contributed by atoms with Gasteiger partial charge in [0.2, 0.25) is 5.91 Å². The van der Waals surface area contributed by atoms with Crippen LogP contribution in [0.25, 0.3) is 16.9 Å². The summed E-state index contributed by atoms with van der Waals surface area (Å²) in [6.07, 6.45) is 6.55. The van der Waals surface area contributed by atoms with Crippen LogP contribution in [-0.2, 0) is 4.79 Å². The van der Waals surface area contributed by atoms with E-state index in [2.05, 4.69) is 10.3 Å². The molecule has 1 atom stereocenters. The number of benzene rings is 1. The molecular weight excluding hydrogens is 354 g/mol. The first-order valence-electron chi connectivity index (χ1n) is 9.69. The van der Waals surface area contributed by atoms with Gasteiger partial charge in [-0.3, -0.25) is 4.79 Å². The first-order chi connectivity index (χ1) is 13.6. The molecule has 0 spiro atoms. The van der Waals surface area contributed by atoms with Crippen molar-refractivity contribution in [1.29, 1.82) is 0 Å². The van der Waals surface area contributed by atoms with Gasteiger partial charge >= 0.3 is 0 Å². The number of amides is 1. The Hall–Kier alpha value is -3.02. The van der Waals surface area contributed by atoms with Crippen molar-refractivity contribution in [1.82, 2.24) is 14.7 Å². The average Bonchev–Trinajstić information content (AvgIpc) is 3.41. The molecule has 3 aromatic rings. The zero-order valence-electron chi connectivity index (χ0n) is 16.2. The van der Waals surface area contributed by atoms with Gasteiger partial charge in [-0.05, 0) is 62.1 Å². The van der Waals surface area contributed by atoms with Gasteiger partial charge in [-0.25, -0.2) is 4.98 Å². The van der Waals surface area contributed by atoms with Gasteiger partial charge in [-0.15, -0.1) is 0 Å². The Morgan fingerprint density at radius 3 is 2.61 bits per heavy atom. The van der Waals surface area contributed by atoms with Gasteiger partial charge in [0.05, 0.1) is 24.5 Å². The van der Waals surface area contributed by atoms with E-state index in [9.17, 15) is 4.79 Å². The van der Waals surface area contributed by atoms with Crippen molar-refractivity contribution in [2.45, 2.75) is 32.7 Å². The Morgan fingerprint density at radius 1 is 1.14 bits per heavy atom. The minimum atomic E-state index is -0.0561. The number of aromatic nitrogens is 2. The van der Waals surface area contributed by atoms with Crippen LogP contribution < -0.4 is 14.8 Å². The summed E-state index contributed by atoms with van der Waals surface area (Å²) in [5, 5.41) is 2.80. The average molecular weight is 379 g/mol. The van der Waals surface area contributed by atoms with E-state index in [-0.39, 0.29) is 11.9 Å². The number of rotatable bonds is 8. The lowest BCUT2D eigenvalue weighted by atomic mass is 10.1. The summed E-state index contributed by atoms with van der Waals surface area (Å²) in [5.41, 5.74) is 2.81. The molecule has 0 unspecified atom stereocenters. The van der Waals surface area contributed by atoms with Crippen LogP contribution in [0.3, 0.4) is 0 Å². The van der Waals surface area contributed by atoms with E-state index >= 15 is 0 Å². The molecular formula is C22H25N3O3. The number of hydrogen-bond donors (Lipinski definition) is 1. The number of nitrogens with zero attached hydrogens (tertiary/aromatic N) is 2. The fourth-order valence-corrected chi connectivity index (χ4v) is 3.03. The van der Waals surface area contributed by atoms with Gasteiger partial charge in [0.15, 0.2) is 0 Å². The topological polar surface area (TPSA) is 64.9 Å². The van der Waals surface area contributed by atoms with Gasteiger partial charge < -0.3 is 19.2 Å². The fraction of sp³-hybridized carbons (Fsp3) is 0.364. The number of carbonyl (C=O) groups excluding carboxylic acids is 1. The number of ether oxygens (including phenoxy) is 2. The van der Waals surface area contributed by atoms with Crippen LogP contribution in [0.4, 0.5) is 0 Å². The van der Waals surface area contributed by atoms with Crippen LogP contribution in [-0.4, -0.2) is 34.5 Å². The van der Waals surface area contributed by atoms with Crippen molar-refractivity contribution in [3.63, 3.8) is 0 Å². The van der Waals surface area contributed by atoms with Crippen molar-refractivity contribution in [3.8, 4) is 22.8 Å². The summed E-state index contributed by atoms with van der Waals surface area (Å²) < 4.78 is 13.6. The Kier molecular flexibility index (Phi) is 5.19. The highest BCUT2D eigenvalue weighted by atomic mass is 16.5. The van der Waals surface area contributed by atoms with E-state index in [1.807, 2.05) is 60.1 Å². The molecule has 2 aromatic heterocycles. The SMILES string of the molecule is CC(=O)N[C@@H](C)COc1ccc(-c2cn3cc(OCC4CC4)ccc3n2)cc1. The lowest BCUT2D eigenvalue weighted by molar-refractivity contribution is -0.119. The van der Waals surface area contributed by atoms with Crippen molar-refractivity contribution >= 4 is 11.6 Å². The Balaban J connectivity index is 1.41. The summed E-state index contributed by atoms with van der Waals surface area (Å²) in [7, 11) is 0. The molecule has 28 heavy (non-hydrogen) atoms. The molecule has 1 N–H and O–H groups in total. The highest BCUT2D eigenvalue weighted by molar-refractivity contribution is 5.73. The third kappa shape index (κ3) is 4.63. The van der Waals surface area contributed by atoms with E-state index in [0.29, 0.717) is 6.61 Å². The molecule has 0 saturated heterocycles. The molecule has 2 heterocycles. The van der Waals surface area contributed by atoms with Crippen molar-refractivity contribution in [2.24, 2.45) is 5.92 Å². The second-order valence-electron chi connectivity index (χ2n) is 7.45. The van der Waals surface area contributed by atoms with Crippen LogP contribution in [0.1, 0.15) is 26.7 Å². The molecule has 6 nitrogen and oxygen atoms in total. The lowest BCUT2D eigenvalue weighted by Crippen LogP contribution is -2.35. The number of nitrogens with one attached hydrogen (secondary N) is 1. The summed E-state index contributed by atoms with van der Waals surface area (Å²) in [5.74, 6) is 2.32. The quantitative estimate of drug-likeness (QED) is 0.648. The molecule has 1 fully saturated rings. The van der Waals surface area contributed by atoms with Crippen LogP contribution >= 0.6 is 0 Å². The maximum absolute atomic E-state index is 11.0. The summed E-state index contributed by atoms with van der Waals surface area (Å²) >= 11 is 0. The van der Waals surface area contributed by atoms with Crippen LogP contribution in [0.5, 0.6) is 11.5 Å². The zero-order valence-corrected chi connectivity index (χ0v) is 16.2. The molecule has 0 radical (unpaired) electrons. The first kappa shape index (κ1) is 18.3.